The van der Waals surface area contributed by atoms with E-state index < -0.39 is 0 Å². The number of likely N-dealkylation sites (tertiary alicyclic amines) is 1. The smallest absolute Gasteiger partial charge is 0.227 e. The minimum absolute atomic E-state index is 0.142. The molecule has 3 heterocycles. The molecule has 1 aliphatic heterocycles. The van der Waals surface area contributed by atoms with E-state index in [-0.39, 0.29) is 5.91 Å². The second kappa shape index (κ2) is 6.48. The zero-order chi connectivity index (χ0) is 16.4. The van der Waals surface area contributed by atoms with Crippen LogP contribution in [0.3, 0.4) is 0 Å². The van der Waals surface area contributed by atoms with E-state index in [2.05, 4.69) is 15.1 Å². The van der Waals surface area contributed by atoms with Crippen molar-refractivity contribution in [1.29, 1.82) is 0 Å². The highest BCUT2D eigenvalue weighted by Gasteiger charge is 2.26. The van der Waals surface area contributed by atoms with Gasteiger partial charge in [0.25, 0.3) is 0 Å². The van der Waals surface area contributed by atoms with Crippen LogP contribution in [0, 0.1) is 20.8 Å². The van der Waals surface area contributed by atoms with Crippen molar-refractivity contribution in [3.05, 3.63) is 40.8 Å². The van der Waals surface area contributed by atoms with Gasteiger partial charge in [-0.3, -0.25) is 4.79 Å². The van der Waals surface area contributed by atoms with Crippen LogP contribution in [0.15, 0.2) is 16.8 Å². The van der Waals surface area contributed by atoms with Crippen LogP contribution in [-0.4, -0.2) is 39.0 Å². The van der Waals surface area contributed by atoms with E-state index in [1.54, 1.807) is 0 Å². The normalized spacial score (nSPS) is 15.9. The lowest BCUT2D eigenvalue weighted by Gasteiger charge is -2.31. The first-order chi connectivity index (χ1) is 11.0. The van der Waals surface area contributed by atoms with E-state index in [0.29, 0.717) is 12.3 Å². The molecule has 6 nitrogen and oxygen atoms in total. The van der Waals surface area contributed by atoms with Crippen molar-refractivity contribution in [2.75, 3.05) is 13.1 Å². The monoisotopic (exact) mass is 314 g/mol. The maximum Gasteiger partial charge on any atom is 0.227 e. The highest BCUT2D eigenvalue weighted by Crippen LogP contribution is 2.26. The number of hydrogen-bond acceptors (Lipinski definition) is 5. The molecular formula is C17H22N4O2. The topological polar surface area (TPSA) is 72.1 Å². The van der Waals surface area contributed by atoms with Crippen molar-refractivity contribution in [2.24, 2.45) is 0 Å². The molecule has 0 atom stereocenters. The lowest BCUT2D eigenvalue weighted by molar-refractivity contribution is -0.131. The standard InChI is InChI=1S/C17H22N4O2/c1-11-4-7-18-17(19-11)14-5-8-21(9-6-14)16(22)10-15-12(2)20-23-13(15)3/h4,7,14H,5-6,8-10H2,1-3H3. The summed E-state index contributed by atoms with van der Waals surface area (Å²) >= 11 is 0. The van der Waals surface area contributed by atoms with Crippen LogP contribution < -0.4 is 0 Å². The van der Waals surface area contributed by atoms with Gasteiger partial charge >= 0.3 is 0 Å². The fourth-order valence-corrected chi connectivity index (χ4v) is 3.07. The Morgan fingerprint density at radius 2 is 2.04 bits per heavy atom. The van der Waals surface area contributed by atoms with E-state index >= 15 is 0 Å². The van der Waals surface area contributed by atoms with Gasteiger partial charge in [-0.05, 0) is 39.7 Å². The van der Waals surface area contributed by atoms with E-state index in [4.69, 9.17) is 4.52 Å². The molecule has 1 aliphatic rings. The Bertz CT molecular complexity index is 683. The second-order valence-electron chi connectivity index (χ2n) is 6.19. The SMILES string of the molecule is Cc1ccnc(C2CCN(C(=O)Cc3c(C)noc3C)CC2)n1. The minimum atomic E-state index is 0.142. The van der Waals surface area contributed by atoms with Crippen molar-refractivity contribution >= 4 is 5.91 Å². The van der Waals surface area contributed by atoms with Crippen LogP contribution >= 0.6 is 0 Å². The number of amides is 1. The predicted octanol–water partition coefficient (Wildman–Crippen LogP) is 2.34. The van der Waals surface area contributed by atoms with Gasteiger partial charge in [-0.25, -0.2) is 9.97 Å². The van der Waals surface area contributed by atoms with Crippen molar-refractivity contribution in [3.8, 4) is 0 Å². The van der Waals surface area contributed by atoms with Gasteiger partial charge in [0.1, 0.15) is 11.6 Å². The average Bonchev–Trinajstić information content (AvgIpc) is 2.87. The molecule has 3 rings (SSSR count). The van der Waals surface area contributed by atoms with Gasteiger partial charge in [0.2, 0.25) is 5.91 Å². The molecular weight excluding hydrogens is 292 g/mol. The van der Waals surface area contributed by atoms with Gasteiger partial charge in [-0.1, -0.05) is 5.16 Å². The number of hydrogen-bond donors (Lipinski definition) is 0. The molecule has 0 aromatic carbocycles. The zero-order valence-electron chi connectivity index (χ0n) is 13.9. The van der Waals surface area contributed by atoms with Crippen molar-refractivity contribution in [3.63, 3.8) is 0 Å². The Balaban J connectivity index is 1.59. The van der Waals surface area contributed by atoms with E-state index in [0.717, 1.165) is 54.5 Å². The maximum atomic E-state index is 12.5. The number of nitrogens with zero attached hydrogens (tertiary/aromatic N) is 4. The maximum absolute atomic E-state index is 12.5. The third-order valence-electron chi connectivity index (χ3n) is 4.54. The third-order valence-corrected chi connectivity index (χ3v) is 4.54. The van der Waals surface area contributed by atoms with Crippen LogP contribution in [0.2, 0.25) is 0 Å². The largest absolute Gasteiger partial charge is 0.361 e. The first-order valence-corrected chi connectivity index (χ1v) is 8.03. The quantitative estimate of drug-likeness (QED) is 0.869. The third kappa shape index (κ3) is 3.41. The Labute approximate surface area is 135 Å². The average molecular weight is 314 g/mol. The van der Waals surface area contributed by atoms with Crippen molar-refractivity contribution < 1.29 is 9.32 Å². The number of rotatable bonds is 3. The first-order valence-electron chi connectivity index (χ1n) is 8.03. The Morgan fingerprint density at radius 1 is 1.30 bits per heavy atom. The molecule has 1 amide bonds. The molecule has 23 heavy (non-hydrogen) atoms. The summed E-state index contributed by atoms with van der Waals surface area (Å²) in [5, 5.41) is 3.91. The van der Waals surface area contributed by atoms with Gasteiger partial charge in [0.15, 0.2) is 0 Å². The van der Waals surface area contributed by atoms with Crippen LogP contribution in [0.1, 0.15) is 47.3 Å². The number of piperidine rings is 1. The Hall–Kier alpha value is -2.24. The molecule has 0 unspecified atom stereocenters. The molecule has 2 aromatic heterocycles. The van der Waals surface area contributed by atoms with Crippen molar-refractivity contribution in [1.82, 2.24) is 20.0 Å². The molecule has 0 bridgehead atoms. The van der Waals surface area contributed by atoms with Crippen LogP contribution in [0.25, 0.3) is 0 Å². The molecule has 0 saturated carbocycles. The lowest BCUT2D eigenvalue weighted by Crippen LogP contribution is -2.39. The fourth-order valence-electron chi connectivity index (χ4n) is 3.07. The molecule has 0 N–H and O–H groups in total. The lowest BCUT2D eigenvalue weighted by atomic mass is 9.95. The second-order valence-corrected chi connectivity index (χ2v) is 6.19. The van der Waals surface area contributed by atoms with Crippen molar-refractivity contribution in [2.45, 2.75) is 46.0 Å². The summed E-state index contributed by atoms with van der Waals surface area (Å²) < 4.78 is 5.13. The molecule has 1 saturated heterocycles. The zero-order valence-corrected chi connectivity index (χ0v) is 13.9. The number of aromatic nitrogens is 3. The van der Waals surface area contributed by atoms with Gasteiger partial charge in [0.05, 0.1) is 12.1 Å². The van der Waals surface area contributed by atoms with Gasteiger partial charge in [0, 0.05) is 36.5 Å². The molecule has 0 aliphatic carbocycles. The summed E-state index contributed by atoms with van der Waals surface area (Å²) in [7, 11) is 0. The summed E-state index contributed by atoms with van der Waals surface area (Å²) in [4.78, 5) is 23.3. The van der Waals surface area contributed by atoms with Crippen LogP contribution in [0.5, 0.6) is 0 Å². The molecule has 6 heteroatoms. The molecule has 122 valence electrons. The van der Waals surface area contributed by atoms with E-state index in [1.165, 1.54) is 0 Å². The molecule has 2 aromatic rings. The number of carbonyl (C=O) groups excluding carboxylic acids is 1. The first kappa shape index (κ1) is 15.6. The van der Waals surface area contributed by atoms with E-state index in [1.807, 2.05) is 37.9 Å². The number of carbonyl (C=O) groups is 1. The highest BCUT2D eigenvalue weighted by molar-refractivity contribution is 5.79. The molecule has 1 fully saturated rings. The van der Waals surface area contributed by atoms with Gasteiger partial charge in [-0.15, -0.1) is 0 Å². The van der Waals surface area contributed by atoms with E-state index in [9.17, 15) is 4.79 Å². The van der Waals surface area contributed by atoms with Crippen LogP contribution in [0.4, 0.5) is 0 Å². The summed E-state index contributed by atoms with van der Waals surface area (Å²) in [6, 6.07) is 1.91. The molecule has 0 spiro atoms. The number of aryl methyl sites for hydroxylation is 3. The predicted molar refractivity (Wildman–Crippen MR) is 85.0 cm³/mol. The summed E-state index contributed by atoms with van der Waals surface area (Å²) in [6.45, 7) is 7.21. The minimum Gasteiger partial charge on any atom is -0.361 e. The summed E-state index contributed by atoms with van der Waals surface area (Å²) in [5.41, 5.74) is 2.71. The van der Waals surface area contributed by atoms with Gasteiger partial charge in [-0.2, -0.15) is 0 Å². The summed E-state index contributed by atoms with van der Waals surface area (Å²) in [5.74, 6) is 2.13. The highest BCUT2D eigenvalue weighted by atomic mass is 16.5. The Morgan fingerprint density at radius 3 is 2.65 bits per heavy atom. The molecule has 0 radical (unpaired) electrons. The van der Waals surface area contributed by atoms with Gasteiger partial charge < -0.3 is 9.42 Å². The fraction of sp³-hybridized carbons (Fsp3) is 0.529. The Kier molecular flexibility index (Phi) is 4.41. The van der Waals surface area contributed by atoms with Crippen LogP contribution in [-0.2, 0) is 11.2 Å². The summed E-state index contributed by atoms with van der Waals surface area (Å²) in [6.07, 6.45) is 4.01.